The number of benzene rings is 1. The van der Waals surface area contributed by atoms with Crippen LogP contribution in [0.4, 0.5) is 10.5 Å². The van der Waals surface area contributed by atoms with Crippen LogP contribution in [0.2, 0.25) is 0 Å². The predicted octanol–water partition coefficient (Wildman–Crippen LogP) is 0.825. The first-order valence-electron chi connectivity index (χ1n) is 6.20. The summed E-state index contributed by atoms with van der Waals surface area (Å²) < 4.78 is 0. The lowest BCUT2D eigenvalue weighted by Crippen LogP contribution is -2.37. The Morgan fingerprint density at radius 1 is 1.21 bits per heavy atom. The molecule has 0 radical (unpaired) electrons. The van der Waals surface area contributed by atoms with Gasteiger partial charge in [-0.15, -0.1) is 0 Å². The van der Waals surface area contributed by atoms with Crippen molar-refractivity contribution in [3.05, 3.63) is 29.3 Å². The van der Waals surface area contributed by atoms with Gasteiger partial charge in [-0.05, 0) is 26.0 Å². The maximum absolute atomic E-state index is 12.0. The number of hydrogen-bond acceptors (Lipinski definition) is 3. The topological polar surface area (TPSA) is 96.2 Å². The van der Waals surface area contributed by atoms with E-state index in [4.69, 9.17) is 5.73 Å². The summed E-state index contributed by atoms with van der Waals surface area (Å²) in [6, 6.07) is 5.06. The number of aryl methyl sites for hydroxylation is 1. The third-order valence-electron chi connectivity index (χ3n) is 2.50. The van der Waals surface area contributed by atoms with Crippen molar-refractivity contribution in [3.63, 3.8) is 0 Å². The molecule has 0 spiro atoms. The van der Waals surface area contributed by atoms with E-state index in [0.717, 1.165) is 17.8 Å². The molecule has 1 rings (SSSR count). The summed E-state index contributed by atoms with van der Waals surface area (Å²) in [5.41, 5.74) is 7.34. The van der Waals surface area contributed by atoms with E-state index < -0.39 is 6.03 Å². The van der Waals surface area contributed by atoms with Gasteiger partial charge in [-0.25, -0.2) is 4.79 Å². The highest BCUT2D eigenvalue weighted by molar-refractivity contribution is 5.99. The van der Waals surface area contributed by atoms with E-state index in [1.54, 1.807) is 0 Å². The molecular weight excluding hydrogens is 244 g/mol. The lowest BCUT2D eigenvalue weighted by molar-refractivity contribution is 0.0954. The molecule has 0 aliphatic heterocycles. The van der Waals surface area contributed by atoms with Crippen LogP contribution in [0.25, 0.3) is 0 Å². The zero-order chi connectivity index (χ0) is 14.3. The summed E-state index contributed by atoms with van der Waals surface area (Å²) in [4.78, 5) is 22.5. The molecule has 5 N–H and O–H groups in total. The molecule has 1 aromatic rings. The highest BCUT2D eigenvalue weighted by Crippen LogP contribution is 2.17. The molecule has 0 atom stereocenters. The van der Waals surface area contributed by atoms with Crippen molar-refractivity contribution < 1.29 is 9.59 Å². The molecule has 0 bridgehead atoms. The predicted molar refractivity (Wildman–Crippen MR) is 75.3 cm³/mol. The van der Waals surface area contributed by atoms with Crippen molar-refractivity contribution >= 4 is 17.6 Å². The van der Waals surface area contributed by atoms with Gasteiger partial charge in [0.1, 0.15) is 0 Å². The minimum absolute atomic E-state index is 0.175. The van der Waals surface area contributed by atoms with Gasteiger partial charge in [-0.2, -0.15) is 0 Å². The van der Waals surface area contributed by atoms with Crippen molar-refractivity contribution in [2.75, 3.05) is 25.0 Å². The van der Waals surface area contributed by atoms with Crippen LogP contribution in [-0.4, -0.2) is 31.6 Å². The van der Waals surface area contributed by atoms with E-state index in [2.05, 4.69) is 16.0 Å². The first kappa shape index (κ1) is 14.8. The number of hydrogen-bond donors (Lipinski definition) is 4. The van der Waals surface area contributed by atoms with Crippen LogP contribution in [0.5, 0.6) is 0 Å². The van der Waals surface area contributed by atoms with Crippen LogP contribution in [0, 0.1) is 6.92 Å². The van der Waals surface area contributed by atoms with E-state index in [-0.39, 0.29) is 5.91 Å². The van der Waals surface area contributed by atoms with Gasteiger partial charge in [0.25, 0.3) is 5.91 Å². The number of anilines is 1. The normalized spacial score (nSPS) is 9.79. The second-order valence-electron chi connectivity index (χ2n) is 4.13. The van der Waals surface area contributed by atoms with Gasteiger partial charge in [0, 0.05) is 25.3 Å². The van der Waals surface area contributed by atoms with Crippen molar-refractivity contribution in [3.8, 4) is 0 Å². The molecule has 104 valence electrons. The zero-order valence-corrected chi connectivity index (χ0v) is 11.2. The summed E-state index contributed by atoms with van der Waals surface area (Å²) in [6.45, 7) is 5.29. The molecule has 6 heteroatoms. The van der Waals surface area contributed by atoms with Crippen LogP contribution < -0.4 is 21.7 Å². The molecule has 0 aliphatic rings. The molecule has 3 amide bonds. The average molecular weight is 264 g/mol. The van der Waals surface area contributed by atoms with Crippen LogP contribution in [0.1, 0.15) is 22.8 Å². The molecule has 0 fully saturated rings. The quantitative estimate of drug-likeness (QED) is 0.573. The number of amides is 3. The van der Waals surface area contributed by atoms with Crippen LogP contribution >= 0.6 is 0 Å². The molecule has 1 aromatic carbocycles. The van der Waals surface area contributed by atoms with Crippen molar-refractivity contribution in [1.82, 2.24) is 10.6 Å². The van der Waals surface area contributed by atoms with Gasteiger partial charge in [0.2, 0.25) is 0 Å². The van der Waals surface area contributed by atoms with Gasteiger partial charge in [0.15, 0.2) is 0 Å². The fraction of sp³-hybridized carbons (Fsp3) is 0.385. The van der Waals surface area contributed by atoms with Crippen molar-refractivity contribution in [2.45, 2.75) is 13.8 Å². The second kappa shape index (κ2) is 7.25. The first-order valence-corrected chi connectivity index (χ1v) is 6.20. The second-order valence-corrected chi connectivity index (χ2v) is 4.13. The maximum Gasteiger partial charge on any atom is 0.312 e. The van der Waals surface area contributed by atoms with Gasteiger partial charge < -0.3 is 21.7 Å². The van der Waals surface area contributed by atoms with Crippen LogP contribution in [0.15, 0.2) is 18.2 Å². The fourth-order valence-corrected chi connectivity index (χ4v) is 1.65. The summed E-state index contributed by atoms with van der Waals surface area (Å²) in [7, 11) is 0. The van der Waals surface area contributed by atoms with E-state index in [1.165, 1.54) is 0 Å². The molecule has 0 heterocycles. The van der Waals surface area contributed by atoms with E-state index in [9.17, 15) is 9.59 Å². The van der Waals surface area contributed by atoms with E-state index >= 15 is 0 Å². The highest BCUT2D eigenvalue weighted by atomic mass is 16.2. The van der Waals surface area contributed by atoms with Gasteiger partial charge in [0.05, 0.1) is 5.56 Å². The molecular formula is C13H20N4O2. The monoisotopic (exact) mass is 264 g/mol. The number of urea groups is 1. The smallest absolute Gasteiger partial charge is 0.312 e. The molecule has 0 aliphatic carbocycles. The highest BCUT2D eigenvalue weighted by Gasteiger charge is 2.10. The average Bonchev–Trinajstić information content (AvgIpc) is 2.36. The lowest BCUT2D eigenvalue weighted by atomic mass is 10.1. The van der Waals surface area contributed by atoms with Gasteiger partial charge in [-0.1, -0.05) is 11.6 Å². The van der Waals surface area contributed by atoms with Crippen LogP contribution in [0.3, 0.4) is 0 Å². The Morgan fingerprint density at radius 2 is 1.89 bits per heavy atom. The molecule has 0 saturated carbocycles. The van der Waals surface area contributed by atoms with Crippen molar-refractivity contribution in [2.24, 2.45) is 5.73 Å². The van der Waals surface area contributed by atoms with Crippen molar-refractivity contribution in [1.29, 1.82) is 0 Å². The van der Waals surface area contributed by atoms with E-state index in [1.807, 2.05) is 32.0 Å². The number of nitrogens with one attached hydrogen (secondary N) is 3. The third-order valence-corrected chi connectivity index (χ3v) is 2.50. The number of primary amides is 1. The molecule has 6 nitrogen and oxygen atoms in total. The Bertz CT molecular complexity index is 460. The Kier molecular flexibility index (Phi) is 5.66. The van der Waals surface area contributed by atoms with Gasteiger partial charge in [-0.3, -0.25) is 4.79 Å². The minimum atomic E-state index is -0.599. The Labute approximate surface area is 112 Å². The largest absolute Gasteiger partial charge is 0.385 e. The number of carbonyl (C=O) groups excluding carboxylic acids is 2. The number of rotatable bonds is 6. The summed E-state index contributed by atoms with van der Waals surface area (Å²) in [5.74, 6) is -0.175. The fourth-order valence-electron chi connectivity index (χ4n) is 1.65. The summed E-state index contributed by atoms with van der Waals surface area (Å²) in [5, 5.41) is 8.29. The molecule has 0 aromatic heterocycles. The number of carbonyl (C=O) groups is 2. The summed E-state index contributed by atoms with van der Waals surface area (Å²) >= 11 is 0. The van der Waals surface area contributed by atoms with Gasteiger partial charge >= 0.3 is 6.03 Å². The summed E-state index contributed by atoms with van der Waals surface area (Å²) in [6.07, 6.45) is 0. The number of nitrogens with two attached hydrogens (primary N) is 1. The maximum atomic E-state index is 12.0. The molecule has 0 unspecified atom stereocenters. The Hall–Kier alpha value is -2.24. The first-order chi connectivity index (χ1) is 9.04. The SMILES string of the molecule is CCNc1ccc(C)cc1C(=O)NCCNC(N)=O. The Balaban J connectivity index is 2.64. The Morgan fingerprint density at radius 3 is 2.53 bits per heavy atom. The third kappa shape index (κ3) is 4.87. The van der Waals surface area contributed by atoms with Crippen LogP contribution in [-0.2, 0) is 0 Å². The standard InChI is InChI=1S/C13H20N4O2/c1-3-15-11-5-4-9(2)8-10(11)12(18)16-6-7-17-13(14)19/h4-5,8,15H,3,6-7H2,1-2H3,(H,16,18)(H3,14,17,19). The lowest BCUT2D eigenvalue weighted by Gasteiger charge is -2.12. The minimum Gasteiger partial charge on any atom is -0.385 e. The molecule has 0 saturated heterocycles. The zero-order valence-electron chi connectivity index (χ0n) is 11.2. The van der Waals surface area contributed by atoms with E-state index in [0.29, 0.717) is 18.7 Å². The molecule has 19 heavy (non-hydrogen) atoms.